The number of hydrogen-bond acceptors (Lipinski definition) is 3. The number of benzene rings is 1. The Balaban J connectivity index is 1.76. The molecule has 0 atom stereocenters. The standard InChI is InChI=1S/C18H27Cl2N5O/c1-14(26)25-10-8-24(9-11-25)7-6-22-18(21-2)23(3)13-15-4-5-16(19)17(20)12-15/h4-5,12H,6-11,13H2,1-3H3,(H,21,22). The van der Waals surface area contributed by atoms with Crippen molar-refractivity contribution in [3.63, 3.8) is 0 Å². The minimum absolute atomic E-state index is 0.159. The molecule has 0 saturated carbocycles. The molecule has 1 fully saturated rings. The Bertz CT molecular complexity index is 644. The van der Waals surface area contributed by atoms with Crippen molar-refractivity contribution in [3.8, 4) is 0 Å². The van der Waals surface area contributed by atoms with Gasteiger partial charge in [0.25, 0.3) is 0 Å². The molecule has 2 rings (SSSR count). The van der Waals surface area contributed by atoms with Crippen LogP contribution in [0.5, 0.6) is 0 Å². The van der Waals surface area contributed by atoms with Gasteiger partial charge >= 0.3 is 0 Å². The van der Waals surface area contributed by atoms with Crippen molar-refractivity contribution in [2.75, 3.05) is 53.4 Å². The zero-order valence-corrected chi connectivity index (χ0v) is 17.1. The van der Waals surface area contributed by atoms with Crippen molar-refractivity contribution >= 4 is 35.1 Å². The van der Waals surface area contributed by atoms with E-state index in [1.165, 1.54) is 0 Å². The van der Waals surface area contributed by atoms with Crippen LogP contribution in [0.1, 0.15) is 12.5 Å². The van der Waals surface area contributed by atoms with Crippen LogP contribution in [-0.2, 0) is 11.3 Å². The lowest BCUT2D eigenvalue weighted by atomic mass is 10.2. The third-order valence-electron chi connectivity index (χ3n) is 4.51. The first-order valence-corrected chi connectivity index (χ1v) is 9.50. The fourth-order valence-electron chi connectivity index (χ4n) is 2.98. The molecule has 0 radical (unpaired) electrons. The highest BCUT2D eigenvalue weighted by atomic mass is 35.5. The fourth-order valence-corrected chi connectivity index (χ4v) is 3.30. The summed E-state index contributed by atoms with van der Waals surface area (Å²) in [6.07, 6.45) is 0. The van der Waals surface area contributed by atoms with Crippen LogP contribution in [0, 0.1) is 0 Å². The van der Waals surface area contributed by atoms with Crippen LogP contribution in [-0.4, -0.2) is 79.9 Å². The predicted molar refractivity (Wildman–Crippen MR) is 108 cm³/mol. The normalized spacial score (nSPS) is 15.9. The number of carbonyl (C=O) groups is 1. The minimum Gasteiger partial charge on any atom is -0.355 e. The molecule has 6 nitrogen and oxygen atoms in total. The number of nitrogens with one attached hydrogen (secondary N) is 1. The molecule has 1 aliphatic heterocycles. The molecule has 1 N–H and O–H groups in total. The molecule has 1 aromatic carbocycles. The van der Waals surface area contributed by atoms with Crippen LogP contribution >= 0.6 is 23.2 Å². The van der Waals surface area contributed by atoms with Crippen molar-refractivity contribution in [2.24, 2.45) is 4.99 Å². The van der Waals surface area contributed by atoms with E-state index < -0.39 is 0 Å². The SMILES string of the molecule is CN=C(NCCN1CCN(C(C)=O)CC1)N(C)Cc1ccc(Cl)c(Cl)c1. The van der Waals surface area contributed by atoms with E-state index in [-0.39, 0.29) is 5.91 Å². The Morgan fingerprint density at radius 2 is 1.92 bits per heavy atom. The first-order chi connectivity index (χ1) is 12.4. The number of hydrogen-bond donors (Lipinski definition) is 1. The van der Waals surface area contributed by atoms with E-state index in [2.05, 4.69) is 15.2 Å². The monoisotopic (exact) mass is 399 g/mol. The molecule has 144 valence electrons. The van der Waals surface area contributed by atoms with E-state index in [0.717, 1.165) is 50.8 Å². The Morgan fingerprint density at radius 3 is 2.50 bits per heavy atom. The van der Waals surface area contributed by atoms with Gasteiger partial charge in [-0.2, -0.15) is 0 Å². The van der Waals surface area contributed by atoms with E-state index in [0.29, 0.717) is 16.6 Å². The van der Waals surface area contributed by atoms with Gasteiger partial charge in [0.15, 0.2) is 5.96 Å². The van der Waals surface area contributed by atoms with E-state index in [4.69, 9.17) is 23.2 Å². The molecule has 1 amide bonds. The molecule has 1 aliphatic rings. The number of amides is 1. The van der Waals surface area contributed by atoms with Gasteiger partial charge < -0.3 is 15.1 Å². The van der Waals surface area contributed by atoms with Crippen LogP contribution in [0.15, 0.2) is 23.2 Å². The molecule has 26 heavy (non-hydrogen) atoms. The first kappa shape index (κ1) is 20.8. The van der Waals surface area contributed by atoms with Crippen molar-refractivity contribution < 1.29 is 4.79 Å². The summed E-state index contributed by atoms with van der Waals surface area (Å²) in [5, 5.41) is 4.51. The Morgan fingerprint density at radius 1 is 1.23 bits per heavy atom. The van der Waals surface area contributed by atoms with Gasteiger partial charge in [0.05, 0.1) is 10.0 Å². The van der Waals surface area contributed by atoms with Crippen LogP contribution in [0.4, 0.5) is 0 Å². The Hall–Kier alpha value is -1.50. The summed E-state index contributed by atoms with van der Waals surface area (Å²) in [6, 6.07) is 5.65. The summed E-state index contributed by atoms with van der Waals surface area (Å²) < 4.78 is 0. The van der Waals surface area contributed by atoms with Gasteiger partial charge in [0.1, 0.15) is 0 Å². The van der Waals surface area contributed by atoms with Gasteiger partial charge in [-0.1, -0.05) is 29.3 Å². The van der Waals surface area contributed by atoms with Gasteiger partial charge in [0.2, 0.25) is 5.91 Å². The lowest BCUT2D eigenvalue weighted by molar-refractivity contribution is -0.130. The van der Waals surface area contributed by atoms with Crippen molar-refractivity contribution in [2.45, 2.75) is 13.5 Å². The van der Waals surface area contributed by atoms with Gasteiger partial charge in [-0.05, 0) is 17.7 Å². The number of piperazine rings is 1. The third-order valence-corrected chi connectivity index (χ3v) is 5.24. The Labute approximate surface area is 165 Å². The molecule has 0 unspecified atom stereocenters. The topological polar surface area (TPSA) is 51.2 Å². The minimum atomic E-state index is 0.159. The molecule has 0 bridgehead atoms. The largest absolute Gasteiger partial charge is 0.355 e. The number of carbonyl (C=O) groups excluding carboxylic acids is 1. The molecule has 8 heteroatoms. The third kappa shape index (κ3) is 6.04. The fraction of sp³-hybridized carbons (Fsp3) is 0.556. The van der Waals surface area contributed by atoms with Crippen LogP contribution in [0.2, 0.25) is 10.0 Å². The first-order valence-electron chi connectivity index (χ1n) is 8.74. The van der Waals surface area contributed by atoms with E-state index in [1.807, 2.05) is 35.0 Å². The zero-order chi connectivity index (χ0) is 19.1. The number of rotatable bonds is 5. The summed E-state index contributed by atoms with van der Waals surface area (Å²) in [5.41, 5.74) is 1.07. The second-order valence-corrected chi connectivity index (χ2v) is 7.24. The molecule has 0 aromatic heterocycles. The molecule has 0 aliphatic carbocycles. The predicted octanol–water partition coefficient (Wildman–Crippen LogP) is 2.16. The highest BCUT2D eigenvalue weighted by Gasteiger charge is 2.18. The van der Waals surface area contributed by atoms with Crippen LogP contribution < -0.4 is 5.32 Å². The average molecular weight is 400 g/mol. The summed E-state index contributed by atoms with van der Waals surface area (Å²) in [5.74, 6) is 0.991. The van der Waals surface area contributed by atoms with Crippen molar-refractivity contribution in [1.29, 1.82) is 0 Å². The second-order valence-electron chi connectivity index (χ2n) is 6.43. The maximum absolute atomic E-state index is 11.4. The highest BCUT2D eigenvalue weighted by molar-refractivity contribution is 6.42. The quantitative estimate of drug-likeness (QED) is 0.608. The lowest BCUT2D eigenvalue weighted by Crippen LogP contribution is -2.50. The summed E-state index contributed by atoms with van der Waals surface area (Å²) in [4.78, 5) is 22.0. The molecule has 1 aromatic rings. The molecular formula is C18H27Cl2N5O. The molecule has 0 spiro atoms. The van der Waals surface area contributed by atoms with Gasteiger partial charge in [-0.3, -0.25) is 14.7 Å². The lowest BCUT2D eigenvalue weighted by Gasteiger charge is -2.34. The molecule has 1 heterocycles. The number of aliphatic imine (C=N–C) groups is 1. The van der Waals surface area contributed by atoms with Crippen LogP contribution in [0.25, 0.3) is 0 Å². The Kier molecular flexibility index (Phi) is 8.00. The van der Waals surface area contributed by atoms with Gasteiger partial charge in [-0.25, -0.2) is 0 Å². The molecule has 1 saturated heterocycles. The number of guanidine groups is 1. The van der Waals surface area contributed by atoms with Gasteiger partial charge in [-0.15, -0.1) is 0 Å². The van der Waals surface area contributed by atoms with Crippen LogP contribution in [0.3, 0.4) is 0 Å². The maximum Gasteiger partial charge on any atom is 0.219 e. The second kappa shape index (κ2) is 10.00. The van der Waals surface area contributed by atoms with E-state index in [9.17, 15) is 4.79 Å². The number of halogens is 2. The van der Waals surface area contributed by atoms with Gasteiger partial charge in [0, 0.05) is 66.8 Å². The summed E-state index contributed by atoms with van der Waals surface area (Å²) >= 11 is 12.1. The van der Waals surface area contributed by atoms with E-state index >= 15 is 0 Å². The highest BCUT2D eigenvalue weighted by Crippen LogP contribution is 2.23. The number of nitrogens with zero attached hydrogens (tertiary/aromatic N) is 4. The summed E-state index contributed by atoms with van der Waals surface area (Å²) in [6.45, 7) is 7.49. The molecular weight excluding hydrogens is 373 g/mol. The average Bonchev–Trinajstić information content (AvgIpc) is 2.62. The smallest absolute Gasteiger partial charge is 0.219 e. The zero-order valence-electron chi connectivity index (χ0n) is 15.6. The van der Waals surface area contributed by atoms with Crippen molar-refractivity contribution in [1.82, 2.24) is 20.0 Å². The van der Waals surface area contributed by atoms with E-state index in [1.54, 1.807) is 14.0 Å². The summed E-state index contributed by atoms with van der Waals surface area (Å²) in [7, 11) is 3.77. The maximum atomic E-state index is 11.4. The van der Waals surface area contributed by atoms with Crippen molar-refractivity contribution in [3.05, 3.63) is 33.8 Å².